The van der Waals surface area contributed by atoms with E-state index in [4.69, 9.17) is 4.63 Å². The summed E-state index contributed by atoms with van der Waals surface area (Å²) in [5, 5.41) is 15.5. The van der Waals surface area contributed by atoms with Crippen molar-refractivity contribution in [3.05, 3.63) is 53.4 Å². The van der Waals surface area contributed by atoms with Crippen LogP contribution in [0.25, 0.3) is 10.9 Å². The van der Waals surface area contributed by atoms with E-state index in [2.05, 4.69) is 38.9 Å². The third kappa shape index (κ3) is 2.35. The number of nitrogens with one attached hydrogen (secondary N) is 2. The molecular weight excluding hydrogens is 330 g/mol. The number of anilines is 2. The Balaban J connectivity index is 1.68. The number of hydrogen-bond donors (Lipinski definition) is 2. The minimum Gasteiger partial charge on any atom is -0.353 e. The molecule has 2 atom stereocenters. The van der Waals surface area contributed by atoms with Gasteiger partial charge in [-0.25, -0.2) is 4.63 Å². The lowest BCUT2D eigenvalue weighted by Crippen LogP contribution is -2.26. The second-order valence-corrected chi connectivity index (χ2v) is 6.95. The van der Waals surface area contributed by atoms with Crippen LogP contribution in [-0.2, 0) is 4.79 Å². The lowest BCUT2D eigenvalue weighted by Gasteiger charge is -2.27. The highest BCUT2D eigenvalue weighted by Crippen LogP contribution is 2.40. The smallest absolute Gasteiger partial charge is 0.219 e. The Labute approximate surface area is 149 Å². The zero-order chi connectivity index (χ0) is 17.7. The molecule has 5 rings (SSSR count). The molecule has 2 aliphatic rings. The summed E-state index contributed by atoms with van der Waals surface area (Å²) >= 11 is 0. The summed E-state index contributed by atoms with van der Waals surface area (Å²) in [4.78, 5) is 17.3. The molecule has 0 unspecified atom stereocenters. The van der Waals surface area contributed by atoms with Gasteiger partial charge in [-0.1, -0.05) is 19.1 Å². The van der Waals surface area contributed by atoms with Crippen molar-refractivity contribution in [2.45, 2.75) is 25.8 Å². The fourth-order valence-corrected chi connectivity index (χ4v) is 3.82. The van der Waals surface area contributed by atoms with E-state index in [1.54, 1.807) is 6.20 Å². The fourth-order valence-electron chi connectivity index (χ4n) is 3.82. The summed E-state index contributed by atoms with van der Waals surface area (Å²) in [5.41, 5.74) is 3.56. The van der Waals surface area contributed by atoms with Gasteiger partial charge in [-0.2, -0.15) is 0 Å². The van der Waals surface area contributed by atoms with E-state index in [1.165, 1.54) is 0 Å². The molecule has 130 valence electrons. The maximum Gasteiger partial charge on any atom is 0.219 e. The molecule has 7 heteroatoms. The number of rotatable bonds is 1. The van der Waals surface area contributed by atoms with Gasteiger partial charge in [-0.15, -0.1) is 0 Å². The first-order valence-corrected chi connectivity index (χ1v) is 8.66. The van der Waals surface area contributed by atoms with Gasteiger partial charge in [-0.05, 0) is 46.4 Å². The summed E-state index contributed by atoms with van der Waals surface area (Å²) in [5.74, 6) is 1.47. The van der Waals surface area contributed by atoms with Gasteiger partial charge in [0.15, 0.2) is 5.78 Å². The average molecular weight is 347 g/mol. The minimum atomic E-state index is -0.310. The van der Waals surface area contributed by atoms with Crippen molar-refractivity contribution < 1.29 is 9.42 Å². The van der Waals surface area contributed by atoms with Crippen LogP contribution >= 0.6 is 0 Å². The Hall–Kier alpha value is -3.22. The van der Waals surface area contributed by atoms with Crippen molar-refractivity contribution >= 4 is 28.3 Å². The quantitative estimate of drug-likeness (QED) is 0.696. The van der Waals surface area contributed by atoms with Crippen LogP contribution < -0.4 is 10.6 Å². The Morgan fingerprint density at radius 2 is 2.04 bits per heavy atom. The van der Waals surface area contributed by atoms with Crippen molar-refractivity contribution in [1.29, 1.82) is 0 Å². The van der Waals surface area contributed by atoms with Gasteiger partial charge in [0.2, 0.25) is 11.6 Å². The van der Waals surface area contributed by atoms with Gasteiger partial charge in [0.1, 0.15) is 0 Å². The zero-order valence-electron chi connectivity index (χ0n) is 14.2. The van der Waals surface area contributed by atoms with Gasteiger partial charge in [0, 0.05) is 29.3 Å². The lowest BCUT2D eigenvalue weighted by molar-refractivity contribution is -0.117. The van der Waals surface area contributed by atoms with E-state index in [9.17, 15) is 4.79 Å². The number of hydrogen-bond acceptors (Lipinski definition) is 7. The molecule has 2 N–H and O–H groups in total. The Morgan fingerprint density at radius 3 is 2.96 bits per heavy atom. The first-order valence-electron chi connectivity index (χ1n) is 8.66. The molecule has 0 saturated carbocycles. The van der Waals surface area contributed by atoms with Crippen LogP contribution in [0.2, 0.25) is 0 Å². The minimum absolute atomic E-state index is 0.150. The average Bonchev–Trinajstić information content (AvgIpc) is 3.00. The van der Waals surface area contributed by atoms with E-state index in [1.807, 2.05) is 24.3 Å². The molecule has 26 heavy (non-hydrogen) atoms. The molecule has 1 aromatic carbocycles. The third-order valence-electron chi connectivity index (χ3n) is 5.00. The largest absolute Gasteiger partial charge is 0.353 e. The van der Waals surface area contributed by atoms with E-state index in [-0.39, 0.29) is 17.7 Å². The molecule has 0 radical (unpaired) electrons. The van der Waals surface area contributed by atoms with Crippen molar-refractivity contribution in [1.82, 2.24) is 15.3 Å². The third-order valence-corrected chi connectivity index (χ3v) is 5.00. The number of ketones is 1. The van der Waals surface area contributed by atoms with Crippen molar-refractivity contribution in [3.63, 3.8) is 0 Å². The van der Waals surface area contributed by atoms with Crippen LogP contribution in [0.15, 0.2) is 52.4 Å². The van der Waals surface area contributed by atoms with Crippen molar-refractivity contribution in [2.24, 2.45) is 5.92 Å². The fraction of sp³-hybridized carbons (Fsp3) is 0.263. The number of fused-ring (bicyclic) bond motifs is 2. The second-order valence-electron chi connectivity index (χ2n) is 6.95. The topological polar surface area (TPSA) is 92.9 Å². The number of Topliss-reactive ketones (excluding diaryl/α,β-unsaturated/α-hetero) is 1. The monoisotopic (exact) mass is 347 g/mol. The first-order chi connectivity index (χ1) is 12.7. The van der Waals surface area contributed by atoms with Gasteiger partial charge in [-0.3, -0.25) is 9.78 Å². The maximum absolute atomic E-state index is 12.9. The number of benzene rings is 1. The predicted molar refractivity (Wildman–Crippen MR) is 96.5 cm³/mol. The van der Waals surface area contributed by atoms with Crippen LogP contribution in [0.1, 0.15) is 31.4 Å². The van der Waals surface area contributed by atoms with Crippen molar-refractivity contribution in [3.8, 4) is 0 Å². The standard InChI is InChI=1S/C19H17N5O2/c1-10-7-14-16(15(25)8-10)17(22-19-18(21-14)23-26-24-19)12-4-5-13-11(9-12)3-2-6-20-13/h2-6,9-10,17H,7-8H2,1H3,(H,21,23)(H,22,24)/t10-,17-/m1/s1. The summed E-state index contributed by atoms with van der Waals surface area (Å²) in [6.45, 7) is 2.08. The van der Waals surface area contributed by atoms with Gasteiger partial charge >= 0.3 is 0 Å². The van der Waals surface area contributed by atoms with Gasteiger partial charge in [0.05, 0.1) is 11.6 Å². The Morgan fingerprint density at radius 1 is 1.15 bits per heavy atom. The molecule has 0 spiro atoms. The van der Waals surface area contributed by atoms with E-state index in [0.717, 1.165) is 34.2 Å². The van der Waals surface area contributed by atoms with Crippen LogP contribution in [0.3, 0.4) is 0 Å². The Kier molecular flexibility index (Phi) is 3.28. The number of nitrogens with zero attached hydrogens (tertiary/aromatic N) is 3. The van der Waals surface area contributed by atoms with Crippen LogP contribution in [0.5, 0.6) is 0 Å². The number of aromatic nitrogens is 3. The summed E-state index contributed by atoms with van der Waals surface area (Å²) in [6, 6.07) is 9.66. The molecule has 7 nitrogen and oxygen atoms in total. The van der Waals surface area contributed by atoms with Crippen LogP contribution in [0, 0.1) is 5.92 Å². The number of carbonyl (C=O) groups excluding carboxylic acids is 1. The lowest BCUT2D eigenvalue weighted by atomic mass is 9.82. The highest BCUT2D eigenvalue weighted by molar-refractivity contribution is 6.00. The zero-order valence-corrected chi connectivity index (χ0v) is 14.2. The Bertz CT molecular complexity index is 1050. The summed E-state index contributed by atoms with van der Waals surface area (Å²) in [7, 11) is 0. The molecule has 0 saturated heterocycles. The summed E-state index contributed by atoms with van der Waals surface area (Å²) < 4.78 is 4.87. The van der Waals surface area contributed by atoms with E-state index >= 15 is 0 Å². The molecule has 3 aromatic rings. The maximum atomic E-state index is 12.9. The number of carbonyl (C=O) groups is 1. The SMILES string of the molecule is C[C@H]1CC(=O)C2=C(C1)Nc1nonc1N[C@@H]2c1ccc2ncccc2c1. The molecule has 2 aromatic heterocycles. The number of allylic oxidation sites excluding steroid dienone is 1. The molecule has 3 heterocycles. The highest BCUT2D eigenvalue weighted by atomic mass is 16.6. The molecule has 1 aliphatic carbocycles. The van der Waals surface area contributed by atoms with Gasteiger partial charge < -0.3 is 10.6 Å². The highest BCUT2D eigenvalue weighted by Gasteiger charge is 2.35. The van der Waals surface area contributed by atoms with Gasteiger partial charge in [0.25, 0.3) is 0 Å². The molecule has 1 aliphatic heterocycles. The van der Waals surface area contributed by atoms with Crippen LogP contribution in [0.4, 0.5) is 11.6 Å². The molecular formula is C19H17N5O2. The van der Waals surface area contributed by atoms with Crippen molar-refractivity contribution in [2.75, 3.05) is 10.6 Å². The molecule has 0 fully saturated rings. The first kappa shape index (κ1) is 15.1. The van der Waals surface area contributed by atoms with E-state index < -0.39 is 0 Å². The summed E-state index contributed by atoms with van der Waals surface area (Å²) in [6.07, 6.45) is 3.11. The normalized spacial score (nSPS) is 22.3. The van der Waals surface area contributed by atoms with Crippen LogP contribution in [-0.4, -0.2) is 21.1 Å². The second kappa shape index (κ2) is 5.66. The molecule has 0 bridgehead atoms. The predicted octanol–water partition coefficient (Wildman–Crippen LogP) is 3.45. The number of pyridine rings is 1. The van der Waals surface area contributed by atoms with E-state index in [0.29, 0.717) is 18.1 Å². The molecule has 0 amide bonds.